The van der Waals surface area contributed by atoms with Crippen molar-refractivity contribution in [1.29, 1.82) is 0 Å². The minimum absolute atomic E-state index is 0.181. The molecule has 7 heteroatoms. The smallest absolute Gasteiger partial charge is 0.257 e. The van der Waals surface area contributed by atoms with Crippen LogP contribution in [-0.2, 0) is 0 Å². The fourth-order valence-electron chi connectivity index (χ4n) is 2.61. The Morgan fingerprint density at radius 1 is 1.16 bits per heavy atom. The first-order chi connectivity index (χ1) is 12.1. The van der Waals surface area contributed by atoms with Gasteiger partial charge in [-0.25, -0.2) is 4.98 Å². The quantitative estimate of drug-likeness (QED) is 0.780. The molecule has 2 heterocycles. The molecule has 1 aliphatic rings. The standard InChI is InChI=1S/C18H17N3O3S/c1-21(2)12-5-3-4-11(8-12)17(22)20-18-19-13-9-14-15(10-16(13)25-18)24-7-6-23-14/h3-5,8-10H,6-7H2,1-2H3,(H,19,20,22). The maximum absolute atomic E-state index is 12.5. The summed E-state index contributed by atoms with van der Waals surface area (Å²) in [5, 5.41) is 3.43. The Morgan fingerprint density at radius 2 is 1.92 bits per heavy atom. The van der Waals surface area contributed by atoms with Crippen molar-refractivity contribution in [2.24, 2.45) is 0 Å². The van der Waals surface area contributed by atoms with Gasteiger partial charge in [-0.15, -0.1) is 0 Å². The number of nitrogens with one attached hydrogen (secondary N) is 1. The van der Waals surface area contributed by atoms with Crippen LogP contribution in [0.15, 0.2) is 36.4 Å². The minimum Gasteiger partial charge on any atom is -0.486 e. The first kappa shape index (κ1) is 15.7. The molecule has 128 valence electrons. The number of nitrogens with zero attached hydrogens (tertiary/aromatic N) is 2. The molecule has 0 saturated carbocycles. The molecule has 0 radical (unpaired) electrons. The fourth-order valence-corrected chi connectivity index (χ4v) is 3.48. The van der Waals surface area contributed by atoms with Gasteiger partial charge < -0.3 is 14.4 Å². The average Bonchev–Trinajstić information content (AvgIpc) is 3.00. The van der Waals surface area contributed by atoms with Crippen LogP contribution in [0.3, 0.4) is 0 Å². The largest absolute Gasteiger partial charge is 0.486 e. The Morgan fingerprint density at radius 3 is 2.68 bits per heavy atom. The van der Waals surface area contributed by atoms with Crippen LogP contribution in [0.5, 0.6) is 11.5 Å². The lowest BCUT2D eigenvalue weighted by Gasteiger charge is -2.17. The van der Waals surface area contributed by atoms with E-state index in [-0.39, 0.29) is 5.91 Å². The normalized spacial score (nSPS) is 12.9. The molecule has 0 saturated heterocycles. The molecule has 1 aliphatic heterocycles. The summed E-state index contributed by atoms with van der Waals surface area (Å²) >= 11 is 1.41. The number of thiazole rings is 1. The van der Waals surface area contributed by atoms with Crippen molar-refractivity contribution >= 4 is 38.3 Å². The molecule has 4 rings (SSSR count). The highest BCUT2D eigenvalue weighted by molar-refractivity contribution is 7.22. The zero-order valence-corrected chi connectivity index (χ0v) is 14.7. The van der Waals surface area contributed by atoms with E-state index in [4.69, 9.17) is 9.47 Å². The third-order valence-corrected chi connectivity index (χ3v) is 4.83. The summed E-state index contributed by atoms with van der Waals surface area (Å²) in [5.74, 6) is 1.24. The summed E-state index contributed by atoms with van der Waals surface area (Å²) in [4.78, 5) is 19.0. The van der Waals surface area contributed by atoms with Crippen molar-refractivity contribution < 1.29 is 14.3 Å². The van der Waals surface area contributed by atoms with Gasteiger partial charge >= 0.3 is 0 Å². The third-order valence-electron chi connectivity index (χ3n) is 3.90. The highest BCUT2D eigenvalue weighted by Gasteiger charge is 2.16. The number of anilines is 2. The molecule has 0 unspecified atom stereocenters. The predicted octanol–water partition coefficient (Wildman–Crippen LogP) is 3.39. The zero-order valence-electron chi connectivity index (χ0n) is 13.9. The van der Waals surface area contributed by atoms with Gasteiger partial charge in [-0.05, 0) is 18.2 Å². The van der Waals surface area contributed by atoms with E-state index < -0.39 is 0 Å². The van der Waals surface area contributed by atoms with Gasteiger partial charge in [0.05, 0.1) is 10.2 Å². The summed E-state index contributed by atoms with van der Waals surface area (Å²) in [6, 6.07) is 11.2. The molecule has 1 amide bonds. The van der Waals surface area contributed by atoms with Crippen molar-refractivity contribution in [3.05, 3.63) is 42.0 Å². The topological polar surface area (TPSA) is 63.7 Å². The number of carbonyl (C=O) groups is 1. The Bertz CT molecular complexity index is 909. The van der Waals surface area contributed by atoms with Crippen LogP contribution >= 0.6 is 11.3 Å². The van der Waals surface area contributed by atoms with Crippen molar-refractivity contribution in [3.63, 3.8) is 0 Å². The first-order valence-corrected chi connectivity index (χ1v) is 8.71. The lowest BCUT2D eigenvalue weighted by atomic mass is 10.2. The molecule has 0 aliphatic carbocycles. The molecule has 3 aromatic rings. The number of amides is 1. The van der Waals surface area contributed by atoms with E-state index in [0.29, 0.717) is 29.7 Å². The van der Waals surface area contributed by atoms with Crippen molar-refractivity contribution in [2.45, 2.75) is 0 Å². The van der Waals surface area contributed by atoms with E-state index in [1.807, 2.05) is 49.3 Å². The van der Waals surface area contributed by atoms with Gasteiger partial charge in [0.1, 0.15) is 13.2 Å². The van der Waals surface area contributed by atoms with E-state index in [2.05, 4.69) is 10.3 Å². The van der Waals surface area contributed by atoms with Gasteiger partial charge in [0.2, 0.25) is 0 Å². The van der Waals surface area contributed by atoms with E-state index >= 15 is 0 Å². The summed E-state index contributed by atoms with van der Waals surface area (Å²) < 4.78 is 12.1. The molecule has 1 N–H and O–H groups in total. The molecule has 0 bridgehead atoms. The predicted molar refractivity (Wildman–Crippen MR) is 99.3 cm³/mol. The lowest BCUT2D eigenvalue weighted by molar-refractivity contribution is 0.102. The molecule has 0 spiro atoms. The van der Waals surface area contributed by atoms with E-state index in [1.165, 1.54) is 11.3 Å². The van der Waals surface area contributed by atoms with Crippen molar-refractivity contribution in [3.8, 4) is 11.5 Å². The summed E-state index contributed by atoms with van der Waals surface area (Å²) in [7, 11) is 3.88. The summed E-state index contributed by atoms with van der Waals surface area (Å²) in [6.45, 7) is 1.08. The number of aromatic nitrogens is 1. The molecule has 2 aromatic carbocycles. The number of hydrogen-bond donors (Lipinski definition) is 1. The van der Waals surface area contributed by atoms with Gasteiger partial charge in [-0.1, -0.05) is 17.4 Å². The molecular formula is C18H17N3O3S. The molecular weight excluding hydrogens is 338 g/mol. The maximum Gasteiger partial charge on any atom is 0.257 e. The second-order valence-electron chi connectivity index (χ2n) is 5.88. The molecule has 1 aromatic heterocycles. The monoisotopic (exact) mass is 355 g/mol. The zero-order chi connectivity index (χ0) is 17.4. The maximum atomic E-state index is 12.5. The SMILES string of the molecule is CN(C)c1cccc(C(=O)Nc2nc3cc4c(cc3s2)OCCO4)c1. The summed E-state index contributed by atoms with van der Waals surface area (Å²) in [6.07, 6.45) is 0. The van der Waals surface area contributed by atoms with Crippen LogP contribution in [0.4, 0.5) is 10.8 Å². The highest BCUT2D eigenvalue weighted by atomic mass is 32.1. The average molecular weight is 355 g/mol. The molecule has 0 fully saturated rings. The van der Waals surface area contributed by atoms with Crippen molar-refractivity contribution in [1.82, 2.24) is 4.98 Å². The Labute approximate surface area is 149 Å². The number of fused-ring (bicyclic) bond motifs is 2. The Hall–Kier alpha value is -2.80. The molecule has 0 atom stereocenters. The number of hydrogen-bond acceptors (Lipinski definition) is 6. The first-order valence-electron chi connectivity index (χ1n) is 7.89. The Kier molecular flexibility index (Phi) is 3.93. The minimum atomic E-state index is -0.181. The molecule has 25 heavy (non-hydrogen) atoms. The lowest BCUT2D eigenvalue weighted by Crippen LogP contribution is -2.15. The van der Waals surface area contributed by atoms with E-state index in [9.17, 15) is 4.79 Å². The van der Waals surface area contributed by atoms with Crippen molar-refractivity contribution in [2.75, 3.05) is 37.5 Å². The summed E-state index contributed by atoms with van der Waals surface area (Å²) in [5.41, 5.74) is 2.35. The highest BCUT2D eigenvalue weighted by Crippen LogP contribution is 2.37. The van der Waals surface area contributed by atoms with E-state index in [1.54, 1.807) is 6.07 Å². The second kappa shape index (κ2) is 6.25. The number of carbonyl (C=O) groups excluding carboxylic acids is 1. The second-order valence-corrected chi connectivity index (χ2v) is 6.91. The number of rotatable bonds is 3. The van der Waals surface area contributed by atoms with E-state index in [0.717, 1.165) is 21.7 Å². The number of ether oxygens (including phenoxy) is 2. The Balaban J connectivity index is 1.60. The fraction of sp³-hybridized carbons (Fsp3) is 0.222. The van der Waals surface area contributed by atoms with Crippen LogP contribution in [-0.4, -0.2) is 38.2 Å². The van der Waals surface area contributed by atoms with Gasteiger partial charge in [-0.3, -0.25) is 10.1 Å². The van der Waals surface area contributed by atoms with Crippen LogP contribution in [0, 0.1) is 0 Å². The number of benzene rings is 2. The van der Waals surface area contributed by atoms with Gasteiger partial charge in [0, 0.05) is 37.5 Å². The molecule has 6 nitrogen and oxygen atoms in total. The van der Waals surface area contributed by atoms with Gasteiger partial charge in [0.15, 0.2) is 16.6 Å². The van der Waals surface area contributed by atoms with Gasteiger partial charge in [0.25, 0.3) is 5.91 Å². The van der Waals surface area contributed by atoms with Gasteiger partial charge in [-0.2, -0.15) is 0 Å². The van der Waals surface area contributed by atoms with Crippen LogP contribution in [0.1, 0.15) is 10.4 Å². The van der Waals surface area contributed by atoms with Crippen LogP contribution < -0.4 is 19.7 Å². The van der Waals surface area contributed by atoms with Crippen LogP contribution in [0.2, 0.25) is 0 Å². The third kappa shape index (κ3) is 3.10. The van der Waals surface area contributed by atoms with Crippen LogP contribution in [0.25, 0.3) is 10.2 Å².